The molecule has 0 saturated carbocycles. The molecule has 0 atom stereocenters. The van der Waals surface area contributed by atoms with E-state index in [-0.39, 0.29) is 6.61 Å². The Hall–Kier alpha value is -1.52. The number of aromatic amines is 1. The van der Waals surface area contributed by atoms with Crippen molar-refractivity contribution in [2.75, 3.05) is 20.3 Å². The molecule has 1 aromatic carbocycles. The fourth-order valence-electron chi connectivity index (χ4n) is 1.73. The molecule has 1 heterocycles. The number of aliphatic hydroxyl groups is 1. The van der Waals surface area contributed by atoms with Gasteiger partial charge in [-0.15, -0.1) is 0 Å². The zero-order chi connectivity index (χ0) is 11.4. The lowest BCUT2D eigenvalue weighted by Gasteiger charge is -2.03. The molecule has 2 rings (SSSR count). The maximum Gasteiger partial charge on any atom is 0.119 e. The van der Waals surface area contributed by atoms with Crippen LogP contribution in [-0.4, -0.2) is 30.4 Å². The molecule has 0 bridgehead atoms. The average molecular weight is 220 g/mol. The van der Waals surface area contributed by atoms with Gasteiger partial charge in [0.1, 0.15) is 5.75 Å². The predicted octanol–water partition coefficient (Wildman–Crippen LogP) is 1.26. The van der Waals surface area contributed by atoms with E-state index in [1.807, 2.05) is 24.4 Å². The molecule has 0 aliphatic heterocycles. The summed E-state index contributed by atoms with van der Waals surface area (Å²) < 4.78 is 5.20. The third-order valence-corrected chi connectivity index (χ3v) is 2.58. The van der Waals surface area contributed by atoms with Gasteiger partial charge in [0, 0.05) is 30.2 Å². The number of nitrogens with one attached hydrogen (secondary N) is 2. The average Bonchev–Trinajstić information content (AvgIpc) is 2.72. The summed E-state index contributed by atoms with van der Waals surface area (Å²) in [6.07, 6.45) is 1.98. The van der Waals surface area contributed by atoms with E-state index in [2.05, 4.69) is 10.3 Å². The summed E-state index contributed by atoms with van der Waals surface area (Å²) in [5.74, 6) is 0.857. The first-order valence-corrected chi connectivity index (χ1v) is 5.30. The zero-order valence-electron chi connectivity index (χ0n) is 9.29. The zero-order valence-corrected chi connectivity index (χ0v) is 9.29. The maximum atomic E-state index is 8.70. The maximum absolute atomic E-state index is 8.70. The molecule has 86 valence electrons. The monoisotopic (exact) mass is 220 g/mol. The Kier molecular flexibility index (Phi) is 3.44. The molecule has 3 N–H and O–H groups in total. The van der Waals surface area contributed by atoms with Crippen molar-refractivity contribution in [1.29, 1.82) is 0 Å². The van der Waals surface area contributed by atoms with Gasteiger partial charge in [0.25, 0.3) is 0 Å². The minimum absolute atomic E-state index is 0.158. The predicted molar refractivity (Wildman–Crippen MR) is 63.6 cm³/mol. The van der Waals surface area contributed by atoms with Gasteiger partial charge in [-0.3, -0.25) is 0 Å². The summed E-state index contributed by atoms with van der Waals surface area (Å²) in [6.45, 7) is 1.51. The van der Waals surface area contributed by atoms with Crippen molar-refractivity contribution in [2.24, 2.45) is 0 Å². The van der Waals surface area contributed by atoms with Gasteiger partial charge in [-0.2, -0.15) is 0 Å². The van der Waals surface area contributed by atoms with E-state index >= 15 is 0 Å². The molecule has 4 heteroatoms. The molecule has 4 nitrogen and oxygen atoms in total. The molecule has 16 heavy (non-hydrogen) atoms. The van der Waals surface area contributed by atoms with Gasteiger partial charge in [-0.1, -0.05) is 0 Å². The van der Waals surface area contributed by atoms with Crippen LogP contribution in [0.1, 0.15) is 5.56 Å². The second-order valence-electron chi connectivity index (χ2n) is 3.63. The number of ether oxygens (including phenoxy) is 1. The number of benzene rings is 1. The number of H-pyrrole nitrogens is 1. The molecule has 0 aliphatic rings. The van der Waals surface area contributed by atoms with E-state index in [1.54, 1.807) is 7.11 Å². The Balaban J connectivity index is 2.24. The van der Waals surface area contributed by atoms with Crippen molar-refractivity contribution >= 4 is 10.9 Å². The van der Waals surface area contributed by atoms with Gasteiger partial charge < -0.3 is 20.1 Å². The number of hydrogen-bond acceptors (Lipinski definition) is 3. The van der Waals surface area contributed by atoms with Crippen LogP contribution in [-0.2, 0) is 6.54 Å². The molecule has 0 fully saturated rings. The van der Waals surface area contributed by atoms with Crippen molar-refractivity contribution < 1.29 is 9.84 Å². The standard InChI is InChI=1S/C12H16N2O2/c1-16-10-2-3-12-11(6-10)9(8-14-12)7-13-4-5-15/h2-3,6,8,13-15H,4-5,7H2,1H3. The van der Waals surface area contributed by atoms with Gasteiger partial charge >= 0.3 is 0 Å². The van der Waals surface area contributed by atoms with E-state index in [0.29, 0.717) is 6.54 Å². The Morgan fingerprint density at radius 1 is 1.44 bits per heavy atom. The van der Waals surface area contributed by atoms with Crippen LogP contribution >= 0.6 is 0 Å². The van der Waals surface area contributed by atoms with E-state index in [9.17, 15) is 0 Å². The highest BCUT2D eigenvalue weighted by Crippen LogP contribution is 2.23. The van der Waals surface area contributed by atoms with Crippen molar-refractivity contribution in [2.45, 2.75) is 6.54 Å². The molecule has 0 spiro atoms. The number of methoxy groups -OCH3 is 1. The van der Waals surface area contributed by atoms with Crippen molar-refractivity contribution in [3.63, 3.8) is 0 Å². The summed E-state index contributed by atoms with van der Waals surface area (Å²) in [6, 6.07) is 5.95. The number of aliphatic hydroxyl groups excluding tert-OH is 1. The topological polar surface area (TPSA) is 57.3 Å². The first-order valence-electron chi connectivity index (χ1n) is 5.30. The summed E-state index contributed by atoms with van der Waals surface area (Å²) in [7, 11) is 1.66. The second-order valence-corrected chi connectivity index (χ2v) is 3.63. The Morgan fingerprint density at radius 3 is 3.06 bits per heavy atom. The molecule has 0 unspecified atom stereocenters. The SMILES string of the molecule is COc1ccc2[nH]cc(CNCCO)c2c1. The van der Waals surface area contributed by atoms with Crippen LogP contribution in [0.3, 0.4) is 0 Å². The van der Waals surface area contributed by atoms with Gasteiger partial charge in [0.15, 0.2) is 0 Å². The van der Waals surface area contributed by atoms with E-state index in [4.69, 9.17) is 9.84 Å². The number of hydrogen-bond donors (Lipinski definition) is 3. The lowest BCUT2D eigenvalue weighted by Crippen LogP contribution is -2.17. The van der Waals surface area contributed by atoms with Crippen molar-refractivity contribution in [3.8, 4) is 5.75 Å². The molecule has 2 aromatic rings. The lowest BCUT2D eigenvalue weighted by molar-refractivity contribution is 0.292. The molecule has 1 aromatic heterocycles. The molecular weight excluding hydrogens is 204 g/mol. The fraction of sp³-hybridized carbons (Fsp3) is 0.333. The van der Waals surface area contributed by atoms with E-state index in [0.717, 1.165) is 23.2 Å². The lowest BCUT2D eigenvalue weighted by atomic mass is 10.1. The molecule has 0 saturated heterocycles. The highest BCUT2D eigenvalue weighted by Gasteiger charge is 2.04. The summed E-state index contributed by atoms with van der Waals surface area (Å²) in [4.78, 5) is 3.21. The number of aromatic nitrogens is 1. The minimum atomic E-state index is 0.158. The highest BCUT2D eigenvalue weighted by atomic mass is 16.5. The van der Waals surface area contributed by atoms with Crippen LogP contribution in [0.5, 0.6) is 5.75 Å². The van der Waals surface area contributed by atoms with Gasteiger partial charge in [0.05, 0.1) is 13.7 Å². The Labute approximate surface area is 94.2 Å². The normalized spacial score (nSPS) is 10.9. The molecular formula is C12H16N2O2. The molecule has 0 aliphatic carbocycles. The van der Waals surface area contributed by atoms with Crippen molar-refractivity contribution in [1.82, 2.24) is 10.3 Å². The summed E-state index contributed by atoms with van der Waals surface area (Å²) in [5.41, 5.74) is 2.28. The van der Waals surface area contributed by atoms with E-state index in [1.165, 1.54) is 5.56 Å². The number of fused-ring (bicyclic) bond motifs is 1. The third-order valence-electron chi connectivity index (χ3n) is 2.58. The summed E-state index contributed by atoms with van der Waals surface area (Å²) >= 11 is 0. The van der Waals surface area contributed by atoms with Gasteiger partial charge in [0.2, 0.25) is 0 Å². The first kappa shape index (κ1) is 11.0. The Morgan fingerprint density at radius 2 is 2.31 bits per heavy atom. The molecule has 0 radical (unpaired) electrons. The first-order chi connectivity index (χ1) is 7.85. The van der Waals surface area contributed by atoms with E-state index < -0.39 is 0 Å². The van der Waals surface area contributed by atoms with Crippen LogP contribution in [0.25, 0.3) is 10.9 Å². The van der Waals surface area contributed by atoms with Gasteiger partial charge in [-0.25, -0.2) is 0 Å². The largest absolute Gasteiger partial charge is 0.497 e. The second kappa shape index (κ2) is 5.01. The third kappa shape index (κ3) is 2.18. The van der Waals surface area contributed by atoms with Crippen LogP contribution in [0.15, 0.2) is 24.4 Å². The quantitative estimate of drug-likeness (QED) is 0.665. The highest BCUT2D eigenvalue weighted by molar-refractivity contribution is 5.84. The fourth-order valence-corrected chi connectivity index (χ4v) is 1.73. The van der Waals surface area contributed by atoms with Crippen LogP contribution < -0.4 is 10.1 Å². The summed E-state index contributed by atoms with van der Waals surface area (Å²) in [5, 5.41) is 13.0. The molecule has 0 amide bonds. The Bertz CT molecular complexity index is 465. The van der Waals surface area contributed by atoms with Crippen LogP contribution in [0, 0.1) is 0 Å². The van der Waals surface area contributed by atoms with Gasteiger partial charge in [-0.05, 0) is 23.8 Å². The van der Waals surface area contributed by atoms with Crippen LogP contribution in [0.2, 0.25) is 0 Å². The smallest absolute Gasteiger partial charge is 0.119 e. The van der Waals surface area contributed by atoms with Crippen LogP contribution in [0.4, 0.5) is 0 Å². The van der Waals surface area contributed by atoms with Crippen molar-refractivity contribution in [3.05, 3.63) is 30.0 Å². The minimum Gasteiger partial charge on any atom is -0.497 e. The number of rotatable bonds is 5.